The second-order valence-corrected chi connectivity index (χ2v) is 7.02. The zero-order chi connectivity index (χ0) is 16.2. The molecule has 0 amide bonds. The molecule has 2 aromatic rings. The lowest BCUT2D eigenvalue weighted by Gasteiger charge is -2.12. The molecule has 0 heterocycles. The van der Waals surface area contributed by atoms with Gasteiger partial charge in [-0.2, -0.15) is 0 Å². The van der Waals surface area contributed by atoms with Crippen LogP contribution in [-0.4, -0.2) is 14.2 Å². The van der Waals surface area contributed by atoms with E-state index in [1.165, 1.54) is 11.8 Å². The maximum absolute atomic E-state index is 13.2. The maximum Gasteiger partial charge on any atom is 0.262 e. The topological polar surface area (TPSA) is 46.2 Å². The number of para-hydroxylation sites is 1. The SMILES string of the molecule is C=CCSc1ccccc1NS(=O)(=O)c1ccc(F)c(F)c1. The van der Waals surface area contributed by atoms with Gasteiger partial charge in [-0.1, -0.05) is 18.2 Å². The Morgan fingerprint density at radius 2 is 1.86 bits per heavy atom. The summed E-state index contributed by atoms with van der Waals surface area (Å²) in [6.07, 6.45) is 1.70. The summed E-state index contributed by atoms with van der Waals surface area (Å²) in [5.41, 5.74) is 0.374. The third kappa shape index (κ3) is 3.86. The second kappa shape index (κ2) is 6.93. The zero-order valence-corrected chi connectivity index (χ0v) is 13.1. The summed E-state index contributed by atoms with van der Waals surface area (Å²) >= 11 is 1.41. The number of halogens is 2. The lowest BCUT2D eigenvalue weighted by molar-refractivity contribution is 0.504. The highest BCUT2D eigenvalue weighted by Gasteiger charge is 2.18. The van der Waals surface area contributed by atoms with Crippen LogP contribution in [0.25, 0.3) is 0 Å². The van der Waals surface area contributed by atoms with Crippen LogP contribution < -0.4 is 4.72 Å². The number of benzene rings is 2. The first-order valence-electron chi connectivity index (χ1n) is 6.24. The Balaban J connectivity index is 2.32. The van der Waals surface area contributed by atoms with Gasteiger partial charge in [0.2, 0.25) is 0 Å². The summed E-state index contributed by atoms with van der Waals surface area (Å²) in [7, 11) is -4.00. The number of nitrogens with one attached hydrogen (secondary N) is 1. The molecule has 116 valence electrons. The summed E-state index contributed by atoms with van der Waals surface area (Å²) in [5.74, 6) is -1.69. The number of hydrogen-bond donors (Lipinski definition) is 1. The van der Waals surface area contributed by atoms with Crippen molar-refractivity contribution in [1.82, 2.24) is 0 Å². The molecule has 0 bridgehead atoms. The molecular formula is C15H13F2NO2S2. The van der Waals surface area contributed by atoms with Gasteiger partial charge in [0.15, 0.2) is 11.6 Å². The molecule has 2 rings (SSSR count). The maximum atomic E-state index is 13.2. The van der Waals surface area contributed by atoms with Crippen molar-refractivity contribution < 1.29 is 17.2 Å². The number of hydrogen-bond acceptors (Lipinski definition) is 3. The van der Waals surface area contributed by atoms with Crippen molar-refractivity contribution in [3.8, 4) is 0 Å². The fraction of sp³-hybridized carbons (Fsp3) is 0.0667. The Kier molecular flexibility index (Phi) is 5.20. The Morgan fingerprint density at radius 3 is 2.55 bits per heavy atom. The second-order valence-electron chi connectivity index (χ2n) is 4.28. The van der Waals surface area contributed by atoms with Gasteiger partial charge in [0.25, 0.3) is 10.0 Å². The third-order valence-electron chi connectivity index (χ3n) is 2.69. The van der Waals surface area contributed by atoms with E-state index < -0.39 is 21.7 Å². The Hall–Kier alpha value is -1.86. The van der Waals surface area contributed by atoms with Crippen LogP contribution in [0.2, 0.25) is 0 Å². The van der Waals surface area contributed by atoms with Crippen molar-refractivity contribution in [2.24, 2.45) is 0 Å². The molecule has 0 saturated heterocycles. The Morgan fingerprint density at radius 1 is 1.14 bits per heavy atom. The standard InChI is InChI=1S/C15H13F2NO2S2/c1-2-9-21-15-6-4-3-5-14(15)18-22(19,20)11-7-8-12(16)13(17)10-11/h2-8,10,18H,1,9H2. The summed E-state index contributed by atoms with van der Waals surface area (Å²) in [6.45, 7) is 3.61. The molecule has 7 heteroatoms. The van der Waals surface area contributed by atoms with Crippen LogP contribution in [0.4, 0.5) is 14.5 Å². The largest absolute Gasteiger partial charge is 0.278 e. The van der Waals surface area contributed by atoms with E-state index in [9.17, 15) is 17.2 Å². The van der Waals surface area contributed by atoms with Crippen LogP contribution >= 0.6 is 11.8 Å². The fourth-order valence-corrected chi connectivity index (χ4v) is 3.58. The number of sulfonamides is 1. The van der Waals surface area contributed by atoms with Crippen molar-refractivity contribution in [2.75, 3.05) is 10.5 Å². The van der Waals surface area contributed by atoms with E-state index in [-0.39, 0.29) is 4.90 Å². The monoisotopic (exact) mass is 341 g/mol. The molecule has 2 aromatic carbocycles. The molecule has 3 nitrogen and oxygen atoms in total. The number of thioether (sulfide) groups is 1. The summed E-state index contributed by atoms with van der Waals surface area (Å²) < 4.78 is 53.0. The van der Waals surface area contributed by atoms with Gasteiger partial charge in [0.05, 0.1) is 10.6 Å². The van der Waals surface area contributed by atoms with Gasteiger partial charge >= 0.3 is 0 Å². The van der Waals surface area contributed by atoms with E-state index in [0.29, 0.717) is 22.4 Å². The third-order valence-corrected chi connectivity index (χ3v) is 5.12. The van der Waals surface area contributed by atoms with Crippen LogP contribution in [0.3, 0.4) is 0 Å². The van der Waals surface area contributed by atoms with Crippen LogP contribution in [0.15, 0.2) is 64.9 Å². The highest BCUT2D eigenvalue weighted by Crippen LogP contribution is 2.29. The fourth-order valence-electron chi connectivity index (χ4n) is 1.67. The molecule has 0 radical (unpaired) electrons. The minimum absolute atomic E-state index is 0.338. The minimum Gasteiger partial charge on any atom is -0.278 e. The zero-order valence-electron chi connectivity index (χ0n) is 11.4. The van der Waals surface area contributed by atoms with Crippen molar-refractivity contribution in [2.45, 2.75) is 9.79 Å². The van der Waals surface area contributed by atoms with Crippen LogP contribution in [0.1, 0.15) is 0 Å². The van der Waals surface area contributed by atoms with E-state index in [4.69, 9.17) is 0 Å². The lowest BCUT2D eigenvalue weighted by Crippen LogP contribution is -2.14. The highest BCUT2D eigenvalue weighted by molar-refractivity contribution is 7.99. The molecule has 0 aliphatic rings. The smallest absolute Gasteiger partial charge is 0.262 e. The van der Waals surface area contributed by atoms with Crippen molar-refractivity contribution in [1.29, 1.82) is 0 Å². The molecule has 0 saturated carbocycles. The average molecular weight is 341 g/mol. The Bertz CT molecular complexity index is 792. The molecular weight excluding hydrogens is 328 g/mol. The molecule has 0 atom stereocenters. The predicted octanol–water partition coefficient (Wildman–Crippen LogP) is 4.04. The minimum atomic E-state index is -4.00. The Labute approximate surface area is 132 Å². The van der Waals surface area contributed by atoms with Gasteiger partial charge in [-0.3, -0.25) is 4.72 Å². The van der Waals surface area contributed by atoms with Gasteiger partial charge in [0, 0.05) is 10.6 Å². The molecule has 0 aliphatic carbocycles. The van der Waals surface area contributed by atoms with Crippen molar-refractivity contribution in [3.63, 3.8) is 0 Å². The first-order valence-corrected chi connectivity index (χ1v) is 8.71. The first-order chi connectivity index (χ1) is 10.4. The van der Waals surface area contributed by atoms with Gasteiger partial charge in [-0.25, -0.2) is 17.2 Å². The van der Waals surface area contributed by atoms with Gasteiger partial charge < -0.3 is 0 Å². The number of rotatable bonds is 6. The molecule has 1 N–H and O–H groups in total. The van der Waals surface area contributed by atoms with Gasteiger partial charge in [0.1, 0.15) is 0 Å². The number of anilines is 1. The van der Waals surface area contributed by atoms with Crippen molar-refractivity contribution in [3.05, 3.63) is 66.8 Å². The van der Waals surface area contributed by atoms with E-state index in [0.717, 1.165) is 12.1 Å². The van der Waals surface area contributed by atoms with Crippen molar-refractivity contribution >= 4 is 27.5 Å². The quantitative estimate of drug-likeness (QED) is 0.637. The molecule has 0 aromatic heterocycles. The van der Waals surface area contributed by atoms with Crippen LogP contribution in [-0.2, 0) is 10.0 Å². The van der Waals surface area contributed by atoms with Gasteiger partial charge in [-0.15, -0.1) is 18.3 Å². The van der Waals surface area contributed by atoms with E-state index >= 15 is 0 Å². The van der Waals surface area contributed by atoms with E-state index in [1.54, 1.807) is 30.3 Å². The molecule has 22 heavy (non-hydrogen) atoms. The predicted molar refractivity (Wildman–Crippen MR) is 84.5 cm³/mol. The molecule has 0 spiro atoms. The van der Waals surface area contributed by atoms with Crippen LogP contribution in [0.5, 0.6) is 0 Å². The van der Waals surface area contributed by atoms with Crippen LogP contribution in [0, 0.1) is 11.6 Å². The molecule has 0 unspecified atom stereocenters. The molecule has 0 fully saturated rings. The lowest BCUT2D eigenvalue weighted by atomic mass is 10.3. The summed E-state index contributed by atoms with van der Waals surface area (Å²) in [5, 5.41) is 0. The first kappa shape index (κ1) is 16.5. The molecule has 0 aliphatic heterocycles. The summed E-state index contributed by atoms with van der Waals surface area (Å²) in [6, 6.07) is 9.27. The summed E-state index contributed by atoms with van der Waals surface area (Å²) in [4.78, 5) is 0.378. The average Bonchev–Trinajstić information content (AvgIpc) is 2.48. The van der Waals surface area contributed by atoms with E-state index in [2.05, 4.69) is 11.3 Å². The van der Waals surface area contributed by atoms with E-state index in [1.807, 2.05) is 0 Å². The van der Waals surface area contributed by atoms with Gasteiger partial charge in [-0.05, 0) is 30.3 Å². The normalized spacial score (nSPS) is 11.2. The highest BCUT2D eigenvalue weighted by atomic mass is 32.2.